The fourth-order valence-corrected chi connectivity index (χ4v) is 3.28. The van der Waals surface area contributed by atoms with Gasteiger partial charge in [0.1, 0.15) is 6.54 Å². The Bertz CT molecular complexity index is 603. The van der Waals surface area contributed by atoms with E-state index in [2.05, 4.69) is 10.2 Å². The van der Waals surface area contributed by atoms with Crippen molar-refractivity contribution >= 4 is 17.7 Å². The predicted octanol–water partition coefficient (Wildman–Crippen LogP) is 1.27. The number of imide groups is 1. The Kier molecular flexibility index (Phi) is 5.25. The van der Waals surface area contributed by atoms with Crippen molar-refractivity contribution in [2.75, 3.05) is 32.7 Å². The number of unbranched alkanes of at least 4 members (excludes halogenated alkanes) is 1. The largest absolute Gasteiger partial charge is 0.355 e. The van der Waals surface area contributed by atoms with Gasteiger partial charge in [0.2, 0.25) is 5.91 Å². The minimum Gasteiger partial charge on any atom is -0.355 e. The molecule has 24 heavy (non-hydrogen) atoms. The van der Waals surface area contributed by atoms with Crippen LogP contribution in [0.15, 0.2) is 24.3 Å². The molecular formula is C18H23N3O3. The lowest BCUT2D eigenvalue weighted by atomic mass is 10.1. The number of likely N-dealkylation sites (tertiary alicyclic amines) is 1. The number of carbonyl (C=O) groups excluding carboxylic acids is 3. The summed E-state index contributed by atoms with van der Waals surface area (Å²) >= 11 is 0. The summed E-state index contributed by atoms with van der Waals surface area (Å²) in [4.78, 5) is 39.8. The number of hydrogen-bond acceptors (Lipinski definition) is 4. The number of benzene rings is 1. The third-order valence-corrected chi connectivity index (χ3v) is 4.60. The lowest BCUT2D eigenvalue weighted by Gasteiger charge is -2.15. The molecule has 2 heterocycles. The van der Waals surface area contributed by atoms with E-state index in [1.165, 1.54) is 25.9 Å². The van der Waals surface area contributed by atoms with E-state index in [0.717, 1.165) is 24.3 Å². The van der Waals surface area contributed by atoms with E-state index >= 15 is 0 Å². The normalized spacial score (nSPS) is 17.4. The molecule has 3 rings (SSSR count). The summed E-state index contributed by atoms with van der Waals surface area (Å²) < 4.78 is 0. The summed E-state index contributed by atoms with van der Waals surface area (Å²) in [5, 5.41) is 2.80. The summed E-state index contributed by atoms with van der Waals surface area (Å²) in [6.45, 7) is 3.82. The molecule has 0 spiro atoms. The highest BCUT2D eigenvalue weighted by Gasteiger charge is 2.36. The minimum absolute atomic E-state index is 0.210. The van der Waals surface area contributed by atoms with Crippen LogP contribution in [0.25, 0.3) is 0 Å². The number of amides is 3. The van der Waals surface area contributed by atoms with Crippen LogP contribution < -0.4 is 5.32 Å². The van der Waals surface area contributed by atoms with Crippen molar-refractivity contribution in [1.82, 2.24) is 15.1 Å². The number of fused-ring (bicyclic) bond motifs is 1. The first-order chi connectivity index (χ1) is 11.7. The maximum absolute atomic E-state index is 12.2. The van der Waals surface area contributed by atoms with Gasteiger partial charge in [-0.25, -0.2) is 0 Å². The lowest BCUT2D eigenvalue weighted by molar-refractivity contribution is -0.121. The van der Waals surface area contributed by atoms with E-state index < -0.39 is 0 Å². The molecular weight excluding hydrogens is 306 g/mol. The Balaban J connectivity index is 1.39. The smallest absolute Gasteiger partial charge is 0.262 e. The van der Waals surface area contributed by atoms with Crippen molar-refractivity contribution in [3.63, 3.8) is 0 Å². The molecule has 0 radical (unpaired) electrons. The molecule has 1 fully saturated rings. The molecule has 3 amide bonds. The second kappa shape index (κ2) is 7.57. The van der Waals surface area contributed by atoms with Crippen LogP contribution in [0.1, 0.15) is 46.4 Å². The average Bonchev–Trinajstić information content (AvgIpc) is 3.18. The van der Waals surface area contributed by atoms with Gasteiger partial charge >= 0.3 is 0 Å². The topological polar surface area (TPSA) is 69.7 Å². The Hall–Kier alpha value is -2.21. The molecule has 2 aliphatic heterocycles. The van der Waals surface area contributed by atoms with Gasteiger partial charge in [0, 0.05) is 6.54 Å². The third-order valence-electron chi connectivity index (χ3n) is 4.60. The molecule has 0 unspecified atom stereocenters. The highest BCUT2D eigenvalue weighted by atomic mass is 16.2. The monoisotopic (exact) mass is 329 g/mol. The van der Waals surface area contributed by atoms with Crippen molar-refractivity contribution < 1.29 is 14.4 Å². The van der Waals surface area contributed by atoms with Gasteiger partial charge in [0.25, 0.3) is 11.8 Å². The molecule has 6 heteroatoms. The zero-order valence-corrected chi connectivity index (χ0v) is 13.8. The van der Waals surface area contributed by atoms with Crippen molar-refractivity contribution in [1.29, 1.82) is 0 Å². The van der Waals surface area contributed by atoms with E-state index in [1.807, 2.05) is 0 Å². The van der Waals surface area contributed by atoms with Crippen molar-refractivity contribution in [3.8, 4) is 0 Å². The zero-order valence-electron chi connectivity index (χ0n) is 13.8. The molecule has 1 N–H and O–H groups in total. The number of rotatable bonds is 7. The lowest BCUT2D eigenvalue weighted by Crippen LogP contribution is -2.40. The van der Waals surface area contributed by atoms with Crippen LogP contribution in [0.4, 0.5) is 0 Å². The standard InChI is InChI=1S/C18H23N3O3/c22-16(19-9-3-4-10-20-11-5-6-12-20)13-21-17(23)14-7-1-2-8-15(14)18(21)24/h1-2,7-8H,3-6,9-13H2,(H,19,22). The van der Waals surface area contributed by atoms with E-state index in [4.69, 9.17) is 0 Å². The van der Waals surface area contributed by atoms with Gasteiger partial charge in [-0.3, -0.25) is 19.3 Å². The Morgan fingerprint density at radius 2 is 1.62 bits per heavy atom. The number of nitrogens with one attached hydrogen (secondary N) is 1. The minimum atomic E-state index is -0.389. The zero-order chi connectivity index (χ0) is 16.9. The molecule has 0 saturated carbocycles. The molecule has 0 aliphatic carbocycles. The van der Waals surface area contributed by atoms with Crippen LogP contribution in [0.2, 0.25) is 0 Å². The molecule has 0 bridgehead atoms. The molecule has 1 aromatic carbocycles. The maximum atomic E-state index is 12.2. The van der Waals surface area contributed by atoms with Gasteiger partial charge in [-0.05, 0) is 57.5 Å². The Morgan fingerprint density at radius 3 is 2.25 bits per heavy atom. The quantitative estimate of drug-likeness (QED) is 0.604. The van der Waals surface area contributed by atoms with E-state index in [1.54, 1.807) is 24.3 Å². The SMILES string of the molecule is O=C(CN1C(=O)c2ccccc2C1=O)NCCCCN1CCCC1. The summed E-state index contributed by atoms with van der Waals surface area (Å²) in [5.74, 6) is -1.06. The summed E-state index contributed by atoms with van der Waals surface area (Å²) in [6.07, 6.45) is 4.53. The van der Waals surface area contributed by atoms with Gasteiger partial charge < -0.3 is 10.2 Å². The first kappa shape index (κ1) is 16.6. The predicted molar refractivity (Wildman–Crippen MR) is 89.7 cm³/mol. The van der Waals surface area contributed by atoms with Gasteiger partial charge in [-0.2, -0.15) is 0 Å². The molecule has 1 saturated heterocycles. The van der Waals surface area contributed by atoms with Crippen molar-refractivity contribution in [2.45, 2.75) is 25.7 Å². The van der Waals surface area contributed by atoms with Crippen LogP contribution in [-0.2, 0) is 4.79 Å². The van der Waals surface area contributed by atoms with Gasteiger partial charge in [-0.1, -0.05) is 12.1 Å². The number of nitrogens with zero attached hydrogens (tertiary/aromatic N) is 2. The van der Waals surface area contributed by atoms with E-state index in [-0.39, 0.29) is 24.3 Å². The second-order valence-corrected chi connectivity index (χ2v) is 6.35. The van der Waals surface area contributed by atoms with E-state index in [9.17, 15) is 14.4 Å². The van der Waals surface area contributed by atoms with Crippen molar-refractivity contribution in [3.05, 3.63) is 35.4 Å². The van der Waals surface area contributed by atoms with Crippen LogP contribution in [-0.4, -0.2) is 60.2 Å². The van der Waals surface area contributed by atoms with Gasteiger partial charge in [-0.15, -0.1) is 0 Å². The second-order valence-electron chi connectivity index (χ2n) is 6.35. The molecule has 128 valence electrons. The van der Waals surface area contributed by atoms with Gasteiger partial charge in [0.05, 0.1) is 11.1 Å². The molecule has 0 aromatic heterocycles. The van der Waals surface area contributed by atoms with E-state index in [0.29, 0.717) is 17.7 Å². The average molecular weight is 329 g/mol. The first-order valence-corrected chi connectivity index (χ1v) is 8.61. The molecule has 0 atom stereocenters. The Morgan fingerprint density at radius 1 is 1.00 bits per heavy atom. The summed E-state index contributed by atoms with van der Waals surface area (Å²) in [5.41, 5.74) is 0.752. The third kappa shape index (κ3) is 3.64. The Labute approximate surface area is 141 Å². The van der Waals surface area contributed by atoms with Crippen LogP contribution in [0.5, 0.6) is 0 Å². The molecule has 6 nitrogen and oxygen atoms in total. The van der Waals surface area contributed by atoms with Crippen LogP contribution in [0, 0.1) is 0 Å². The van der Waals surface area contributed by atoms with Crippen LogP contribution >= 0.6 is 0 Å². The van der Waals surface area contributed by atoms with Crippen LogP contribution in [0.3, 0.4) is 0 Å². The maximum Gasteiger partial charge on any atom is 0.262 e. The molecule has 2 aliphatic rings. The fourth-order valence-electron chi connectivity index (χ4n) is 3.28. The van der Waals surface area contributed by atoms with Gasteiger partial charge in [0.15, 0.2) is 0 Å². The van der Waals surface area contributed by atoms with Crippen molar-refractivity contribution in [2.24, 2.45) is 0 Å². The summed E-state index contributed by atoms with van der Waals surface area (Å²) in [6, 6.07) is 6.67. The highest BCUT2D eigenvalue weighted by Crippen LogP contribution is 2.21. The fraction of sp³-hybridized carbons (Fsp3) is 0.500. The molecule has 1 aromatic rings. The summed E-state index contributed by atoms with van der Waals surface area (Å²) in [7, 11) is 0. The highest BCUT2D eigenvalue weighted by molar-refractivity contribution is 6.22. The first-order valence-electron chi connectivity index (χ1n) is 8.61. The number of carbonyl (C=O) groups is 3. The number of hydrogen-bond donors (Lipinski definition) is 1.